The number of hydrogen-bond donors (Lipinski definition) is 1. The summed E-state index contributed by atoms with van der Waals surface area (Å²) in [5, 5.41) is 6.72. The molecule has 1 saturated heterocycles. The molecule has 1 aromatic carbocycles. The first-order valence-corrected chi connectivity index (χ1v) is 10.3. The van der Waals surface area contributed by atoms with Crippen LogP contribution in [0.4, 0.5) is 0 Å². The summed E-state index contributed by atoms with van der Waals surface area (Å²) in [6.07, 6.45) is 3.29. The van der Waals surface area contributed by atoms with Crippen molar-refractivity contribution in [2.45, 2.75) is 45.8 Å². The first-order valence-electron chi connectivity index (χ1n) is 9.46. The third-order valence-electron chi connectivity index (χ3n) is 4.41. The molecule has 1 aliphatic heterocycles. The highest BCUT2D eigenvalue weighted by atomic mass is 127. The fourth-order valence-corrected chi connectivity index (χ4v) is 3.78. The molecule has 0 aliphatic carbocycles. The number of piperidine rings is 1. The highest BCUT2D eigenvalue weighted by Crippen LogP contribution is 2.19. The average molecular weight is 500 g/mol. The van der Waals surface area contributed by atoms with Gasteiger partial charge >= 0.3 is 0 Å². The lowest BCUT2D eigenvalue weighted by Crippen LogP contribution is -2.47. The Morgan fingerprint density at radius 2 is 2.00 bits per heavy atom. The summed E-state index contributed by atoms with van der Waals surface area (Å²) in [6, 6.07) is 10.1. The summed E-state index contributed by atoms with van der Waals surface area (Å²) in [7, 11) is 0. The van der Waals surface area contributed by atoms with Crippen LogP contribution in [0.25, 0.3) is 0 Å². The molecule has 3 rings (SSSR count). The molecule has 148 valence electrons. The van der Waals surface area contributed by atoms with Crippen LogP contribution < -0.4 is 10.1 Å². The molecule has 7 heteroatoms. The van der Waals surface area contributed by atoms with Crippen molar-refractivity contribution in [2.75, 3.05) is 19.6 Å². The van der Waals surface area contributed by atoms with Gasteiger partial charge in [0.15, 0.2) is 5.96 Å². The number of halogens is 1. The van der Waals surface area contributed by atoms with Crippen molar-refractivity contribution in [3.63, 3.8) is 0 Å². The normalized spacial score (nSPS) is 15.3. The molecule has 0 bridgehead atoms. The van der Waals surface area contributed by atoms with Crippen LogP contribution in [0.2, 0.25) is 0 Å². The summed E-state index contributed by atoms with van der Waals surface area (Å²) in [5.41, 5.74) is 1.06. The van der Waals surface area contributed by atoms with Crippen LogP contribution in [0.1, 0.15) is 37.4 Å². The van der Waals surface area contributed by atoms with Crippen molar-refractivity contribution >= 4 is 41.3 Å². The molecule has 0 radical (unpaired) electrons. The van der Waals surface area contributed by atoms with Crippen molar-refractivity contribution in [3.05, 3.63) is 46.4 Å². The third kappa shape index (κ3) is 6.64. The van der Waals surface area contributed by atoms with Gasteiger partial charge in [0.05, 0.1) is 17.2 Å². The number of thiazole rings is 1. The highest BCUT2D eigenvalue weighted by Gasteiger charge is 2.22. The first-order chi connectivity index (χ1) is 12.8. The van der Waals surface area contributed by atoms with E-state index in [1.54, 1.807) is 11.3 Å². The Labute approximate surface area is 183 Å². The maximum absolute atomic E-state index is 6.09. The summed E-state index contributed by atoms with van der Waals surface area (Å²) in [4.78, 5) is 11.7. The number of likely N-dealkylation sites (tertiary alicyclic amines) is 1. The molecular weight excluding hydrogens is 471 g/mol. The number of para-hydroxylation sites is 1. The largest absolute Gasteiger partial charge is 0.490 e. The minimum absolute atomic E-state index is 0. The number of aromatic nitrogens is 1. The quantitative estimate of drug-likeness (QED) is 0.365. The van der Waals surface area contributed by atoms with E-state index >= 15 is 0 Å². The highest BCUT2D eigenvalue weighted by molar-refractivity contribution is 14.0. The number of hydrogen-bond acceptors (Lipinski definition) is 4. The fraction of sp³-hybridized carbons (Fsp3) is 0.500. The molecule has 27 heavy (non-hydrogen) atoms. The van der Waals surface area contributed by atoms with E-state index in [1.165, 1.54) is 5.01 Å². The Bertz CT molecular complexity index is 699. The first kappa shape index (κ1) is 21.9. The number of ether oxygens (including phenoxy) is 1. The van der Waals surface area contributed by atoms with Gasteiger partial charge in [0.2, 0.25) is 0 Å². The van der Waals surface area contributed by atoms with Crippen molar-refractivity contribution in [3.8, 4) is 5.75 Å². The second kappa shape index (κ2) is 11.5. The zero-order valence-electron chi connectivity index (χ0n) is 16.1. The van der Waals surface area contributed by atoms with Crippen LogP contribution in [0, 0.1) is 0 Å². The Kier molecular flexibility index (Phi) is 9.33. The van der Waals surface area contributed by atoms with E-state index in [1.807, 2.05) is 30.3 Å². The van der Waals surface area contributed by atoms with E-state index in [-0.39, 0.29) is 30.1 Å². The number of nitrogens with one attached hydrogen (secondary N) is 1. The smallest absolute Gasteiger partial charge is 0.194 e. The van der Waals surface area contributed by atoms with Gasteiger partial charge in [0.25, 0.3) is 0 Å². The van der Waals surface area contributed by atoms with Crippen LogP contribution in [0.5, 0.6) is 5.75 Å². The van der Waals surface area contributed by atoms with Crippen molar-refractivity contribution < 1.29 is 4.74 Å². The molecule has 0 atom stereocenters. The third-order valence-corrected chi connectivity index (χ3v) is 5.46. The average Bonchev–Trinajstić information content (AvgIpc) is 3.15. The number of rotatable bonds is 6. The lowest BCUT2D eigenvalue weighted by molar-refractivity contribution is 0.129. The molecule has 0 amide bonds. The van der Waals surface area contributed by atoms with E-state index < -0.39 is 0 Å². The van der Waals surface area contributed by atoms with E-state index in [0.717, 1.165) is 56.3 Å². The molecule has 1 fully saturated rings. The molecule has 0 spiro atoms. The van der Waals surface area contributed by atoms with Crippen molar-refractivity contribution in [1.82, 2.24) is 15.2 Å². The molecule has 1 aromatic heterocycles. The molecule has 0 saturated carbocycles. The fourth-order valence-electron chi connectivity index (χ4n) is 3.04. The second-order valence-electron chi connectivity index (χ2n) is 6.37. The van der Waals surface area contributed by atoms with E-state index in [0.29, 0.717) is 6.54 Å². The predicted molar refractivity (Wildman–Crippen MR) is 123 cm³/mol. The number of benzene rings is 1. The monoisotopic (exact) mass is 500 g/mol. The minimum atomic E-state index is 0. The lowest BCUT2D eigenvalue weighted by atomic mass is 10.1. The minimum Gasteiger partial charge on any atom is -0.490 e. The molecule has 2 aromatic rings. The number of aryl methyl sites for hydroxylation is 1. The Morgan fingerprint density at radius 3 is 2.63 bits per heavy atom. The Hall–Kier alpha value is -1.35. The summed E-state index contributed by atoms with van der Waals surface area (Å²) in [6.45, 7) is 7.67. The topological polar surface area (TPSA) is 49.8 Å². The molecule has 0 unspecified atom stereocenters. The Morgan fingerprint density at radius 1 is 1.26 bits per heavy atom. The van der Waals surface area contributed by atoms with Gasteiger partial charge in [-0.25, -0.2) is 9.98 Å². The zero-order chi connectivity index (χ0) is 18.2. The van der Waals surface area contributed by atoms with Crippen LogP contribution in [0.3, 0.4) is 0 Å². The van der Waals surface area contributed by atoms with Crippen LogP contribution >= 0.6 is 35.3 Å². The van der Waals surface area contributed by atoms with Gasteiger partial charge in [-0.1, -0.05) is 25.1 Å². The van der Waals surface area contributed by atoms with Gasteiger partial charge in [0.1, 0.15) is 11.9 Å². The zero-order valence-corrected chi connectivity index (χ0v) is 19.2. The van der Waals surface area contributed by atoms with Crippen LogP contribution in [-0.2, 0) is 13.0 Å². The Balaban J connectivity index is 0.00000261. The summed E-state index contributed by atoms with van der Waals surface area (Å²) in [5.74, 6) is 1.94. The summed E-state index contributed by atoms with van der Waals surface area (Å²) >= 11 is 1.72. The molecule has 5 nitrogen and oxygen atoms in total. The van der Waals surface area contributed by atoms with Gasteiger partial charge in [-0.2, -0.15) is 0 Å². The van der Waals surface area contributed by atoms with Gasteiger partial charge < -0.3 is 15.0 Å². The van der Waals surface area contributed by atoms with Crippen LogP contribution in [0.15, 0.2) is 40.7 Å². The van der Waals surface area contributed by atoms with Gasteiger partial charge in [-0.15, -0.1) is 35.3 Å². The lowest BCUT2D eigenvalue weighted by Gasteiger charge is -2.34. The van der Waals surface area contributed by atoms with Gasteiger partial charge in [0, 0.05) is 37.9 Å². The molecular formula is C20H29IN4OS. The molecule has 2 heterocycles. The number of guanidine groups is 1. The molecule has 1 aliphatic rings. The van der Waals surface area contributed by atoms with Gasteiger partial charge in [-0.05, 0) is 25.5 Å². The maximum Gasteiger partial charge on any atom is 0.194 e. The maximum atomic E-state index is 6.09. The summed E-state index contributed by atoms with van der Waals surface area (Å²) < 4.78 is 6.09. The van der Waals surface area contributed by atoms with E-state index in [9.17, 15) is 0 Å². The predicted octanol–water partition coefficient (Wildman–Crippen LogP) is 4.33. The van der Waals surface area contributed by atoms with E-state index in [2.05, 4.69) is 34.4 Å². The van der Waals surface area contributed by atoms with E-state index in [4.69, 9.17) is 9.73 Å². The second-order valence-corrected chi connectivity index (χ2v) is 7.32. The molecule has 1 N–H and O–H groups in total. The standard InChI is InChI=1S/C20H28N4OS.HI/c1-3-19-23-16(15-26-19)14-22-20(21-4-2)24-12-10-18(11-13-24)25-17-8-6-5-7-9-17;/h5-9,15,18H,3-4,10-14H2,1-2H3,(H,21,22);1H. The SMILES string of the molecule is CCNC(=NCc1csc(CC)n1)N1CCC(Oc2ccccc2)CC1.I. The number of nitrogens with zero attached hydrogens (tertiary/aromatic N) is 3. The van der Waals surface area contributed by atoms with Crippen molar-refractivity contribution in [2.24, 2.45) is 4.99 Å². The number of aliphatic imine (C=N–C) groups is 1. The van der Waals surface area contributed by atoms with Gasteiger partial charge in [-0.3, -0.25) is 0 Å². The van der Waals surface area contributed by atoms with Crippen LogP contribution in [-0.4, -0.2) is 41.6 Å². The van der Waals surface area contributed by atoms with Crippen molar-refractivity contribution in [1.29, 1.82) is 0 Å².